The summed E-state index contributed by atoms with van der Waals surface area (Å²) in [6, 6.07) is 4.54. The van der Waals surface area contributed by atoms with E-state index in [0.29, 0.717) is 21.6 Å². The molecule has 25 heavy (non-hydrogen) atoms. The smallest absolute Gasteiger partial charge is 0.311 e. The summed E-state index contributed by atoms with van der Waals surface area (Å²) in [7, 11) is 1.38. The number of H-pyrrole nitrogens is 1. The summed E-state index contributed by atoms with van der Waals surface area (Å²) in [6.07, 6.45) is 4.12. The molecule has 0 saturated carbocycles. The molecule has 0 unspecified atom stereocenters. The van der Waals surface area contributed by atoms with Crippen molar-refractivity contribution >= 4 is 27.2 Å². The van der Waals surface area contributed by atoms with Crippen LogP contribution in [0.1, 0.15) is 23.3 Å². The van der Waals surface area contributed by atoms with E-state index in [1.165, 1.54) is 24.1 Å². The fourth-order valence-corrected chi connectivity index (χ4v) is 4.54. The Hall–Kier alpha value is -2.74. The Labute approximate surface area is 146 Å². The fraction of sp³-hybridized carbons (Fsp3) is 0.294. The van der Waals surface area contributed by atoms with Gasteiger partial charge in [-0.1, -0.05) is 0 Å². The molecule has 0 spiro atoms. The van der Waals surface area contributed by atoms with Crippen LogP contribution in [0.4, 0.5) is 5.69 Å². The molecule has 1 N–H and O–H groups in total. The number of aromatic amines is 1. The molecule has 1 aliphatic carbocycles. The van der Waals surface area contributed by atoms with Gasteiger partial charge >= 0.3 is 5.69 Å². The summed E-state index contributed by atoms with van der Waals surface area (Å²) < 4.78 is 5.01. The minimum atomic E-state index is -0.511. The van der Waals surface area contributed by atoms with Crippen LogP contribution < -0.4 is 10.3 Å². The van der Waals surface area contributed by atoms with Gasteiger partial charge in [-0.25, -0.2) is 4.98 Å². The first-order valence-corrected chi connectivity index (χ1v) is 8.77. The number of aromatic nitrogens is 2. The zero-order valence-corrected chi connectivity index (χ0v) is 14.3. The van der Waals surface area contributed by atoms with Crippen LogP contribution >= 0.6 is 11.3 Å². The number of ether oxygens (including phenoxy) is 1. The standard InChI is InChI=1S/C17H15N3O4S/c1-24-12-7-6-9(8-11(12)20(22)23)15-18-16(21)14-10-4-2-3-5-13(10)25-17(14)19-15/h6-8H,2-5H2,1H3,(H,18,19,21). The molecule has 128 valence electrons. The van der Waals surface area contributed by atoms with Gasteiger partial charge in [0.05, 0.1) is 17.4 Å². The number of fused-ring (bicyclic) bond motifs is 3. The van der Waals surface area contributed by atoms with Crippen molar-refractivity contribution in [1.82, 2.24) is 9.97 Å². The van der Waals surface area contributed by atoms with Crippen LogP contribution in [0.5, 0.6) is 5.75 Å². The maximum atomic E-state index is 12.6. The van der Waals surface area contributed by atoms with Gasteiger partial charge in [0, 0.05) is 16.5 Å². The number of thiophene rings is 1. The largest absolute Gasteiger partial charge is 0.490 e. The second-order valence-corrected chi connectivity index (χ2v) is 7.03. The van der Waals surface area contributed by atoms with E-state index in [9.17, 15) is 14.9 Å². The third-order valence-corrected chi connectivity index (χ3v) is 5.66. The highest BCUT2D eigenvalue weighted by atomic mass is 32.1. The van der Waals surface area contributed by atoms with Gasteiger partial charge in [0.25, 0.3) is 5.56 Å². The molecule has 8 heteroatoms. The van der Waals surface area contributed by atoms with Crippen LogP contribution in [-0.4, -0.2) is 22.0 Å². The SMILES string of the molecule is COc1ccc(-c2nc3sc4c(c3c(=O)[nH]2)CCCC4)cc1[N+](=O)[O-]. The second-order valence-electron chi connectivity index (χ2n) is 5.95. The summed E-state index contributed by atoms with van der Waals surface area (Å²) >= 11 is 1.55. The fourth-order valence-electron chi connectivity index (χ4n) is 3.28. The van der Waals surface area contributed by atoms with Gasteiger partial charge in [-0.05, 0) is 43.4 Å². The van der Waals surface area contributed by atoms with Gasteiger partial charge in [0.15, 0.2) is 5.75 Å². The summed E-state index contributed by atoms with van der Waals surface area (Å²) in [5.41, 5.74) is 1.26. The maximum absolute atomic E-state index is 12.6. The van der Waals surface area contributed by atoms with Gasteiger partial charge in [-0.2, -0.15) is 0 Å². The predicted octanol–water partition coefficient (Wildman–Crippen LogP) is 3.45. The lowest BCUT2D eigenvalue weighted by Crippen LogP contribution is -2.11. The van der Waals surface area contributed by atoms with Crippen molar-refractivity contribution in [2.45, 2.75) is 25.7 Å². The molecule has 4 rings (SSSR count). The van der Waals surface area contributed by atoms with E-state index in [-0.39, 0.29) is 17.0 Å². The molecule has 0 saturated heterocycles. The predicted molar refractivity (Wildman–Crippen MR) is 95.5 cm³/mol. The van der Waals surface area contributed by atoms with Gasteiger partial charge < -0.3 is 9.72 Å². The first-order valence-electron chi connectivity index (χ1n) is 7.96. The third-order valence-electron chi connectivity index (χ3n) is 4.47. The van der Waals surface area contributed by atoms with Crippen LogP contribution in [0.3, 0.4) is 0 Å². The van der Waals surface area contributed by atoms with Gasteiger partial charge in [0.1, 0.15) is 10.7 Å². The number of nitrogens with one attached hydrogen (secondary N) is 1. The lowest BCUT2D eigenvalue weighted by atomic mass is 9.97. The Morgan fingerprint density at radius 1 is 1.32 bits per heavy atom. The number of nitro benzene ring substituents is 1. The molecule has 0 radical (unpaired) electrons. The van der Waals surface area contributed by atoms with Crippen molar-refractivity contribution in [3.8, 4) is 17.1 Å². The molecule has 1 aliphatic rings. The van der Waals surface area contributed by atoms with E-state index >= 15 is 0 Å². The lowest BCUT2D eigenvalue weighted by Gasteiger charge is -2.09. The summed E-state index contributed by atoms with van der Waals surface area (Å²) in [5, 5.41) is 11.9. The van der Waals surface area contributed by atoms with Crippen LogP contribution in [0.15, 0.2) is 23.0 Å². The molecule has 0 fully saturated rings. The number of rotatable bonds is 3. The van der Waals surface area contributed by atoms with E-state index < -0.39 is 4.92 Å². The van der Waals surface area contributed by atoms with Gasteiger partial charge in [-0.15, -0.1) is 11.3 Å². The molecular formula is C17H15N3O4S. The number of aryl methyl sites for hydroxylation is 2. The number of hydrogen-bond donors (Lipinski definition) is 1. The third kappa shape index (κ3) is 2.58. The first-order chi connectivity index (χ1) is 12.1. The van der Waals surface area contributed by atoms with E-state index in [2.05, 4.69) is 9.97 Å². The molecule has 3 aromatic rings. The average Bonchev–Trinajstić information content (AvgIpc) is 2.99. The number of hydrogen-bond acceptors (Lipinski definition) is 6. The van der Waals surface area contributed by atoms with Crippen molar-refractivity contribution in [2.24, 2.45) is 0 Å². The summed E-state index contributed by atoms with van der Waals surface area (Å²) in [6.45, 7) is 0. The van der Waals surface area contributed by atoms with Crippen molar-refractivity contribution in [1.29, 1.82) is 0 Å². The molecule has 0 atom stereocenters. The number of benzene rings is 1. The Morgan fingerprint density at radius 3 is 2.88 bits per heavy atom. The Morgan fingerprint density at radius 2 is 2.12 bits per heavy atom. The van der Waals surface area contributed by atoms with Crippen LogP contribution in [-0.2, 0) is 12.8 Å². The molecular weight excluding hydrogens is 342 g/mol. The normalized spacial score (nSPS) is 13.6. The van der Waals surface area contributed by atoms with Crippen molar-refractivity contribution < 1.29 is 9.66 Å². The lowest BCUT2D eigenvalue weighted by molar-refractivity contribution is -0.385. The highest BCUT2D eigenvalue weighted by Crippen LogP contribution is 2.35. The molecule has 2 aromatic heterocycles. The Balaban J connectivity index is 1.89. The average molecular weight is 357 g/mol. The number of nitrogens with zero attached hydrogens (tertiary/aromatic N) is 2. The van der Waals surface area contributed by atoms with Gasteiger partial charge in [0.2, 0.25) is 0 Å². The maximum Gasteiger partial charge on any atom is 0.311 e. The Bertz CT molecular complexity index is 1050. The van der Waals surface area contributed by atoms with E-state index in [1.54, 1.807) is 17.4 Å². The monoisotopic (exact) mass is 357 g/mol. The molecule has 0 amide bonds. The summed E-state index contributed by atoms with van der Waals surface area (Å²) in [5.74, 6) is 0.505. The van der Waals surface area contributed by atoms with Crippen LogP contribution in [0.2, 0.25) is 0 Å². The van der Waals surface area contributed by atoms with E-state index in [1.807, 2.05) is 0 Å². The molecule has 0 bridgehead atoms. The molecule has 1 aromatic carbocycles. The quantitative estimate of drug-likeness (QED) is 0.572. The zero-order valence-electron chi connectivity index (χ0n) is 13.5. The van der Waals surface area contributed by atoms with Crippen molar-refractivity contribution in [3.05, 3.63) is 49.1 Å². The minimum Gasteiger partial charge on any atom is -0.490 e. The summed E-state index contributed by atoms with van der Waals surface area (Å²) in [4.78, 5) is 32.6. The number of methoxy groups -OCH3 is 1. The van der Waals surface area contributed by atoms with Crippen molar-refractivity contribution in [3.63, 3.8) is 0 Å². The minimum absolute atomic E-state index is 0.159. The molecule has 2 heterocycles. The second kappa shape index (κ2) is 5.96. The van der Waals surface area contributed by atoms with E-state index in [4.69, 9.17) is 4.74 Å². The topological polar surface area (TPSA) is 98.1 Å². The first kappa shape index (κ1) is 15.8. The molecule has 7 nitrogen and oxygen atoms in total. The zero-order chi connectivity index (χ0) is 17.6. The molecule has 0 aliphatic heterocycles. The Kier molecular flexibility index (Phi) is 3.76. The van der Waals surface area contributed by atoms with Crippen LogP contribution in [0, 0.1) is 10.1 Å². The number of nitro groups is 1. The van der Waals surface area contributed by atoms with E-state index in [0.717, 1.165) is 31.2 Å². The van der Waals surface area contributed by atoms with Gasteiger partial charge in [-0.3, -0.25) is 14.9 Å². The van der Waals surface area contributed by atoms with Crippen molar-refractivity contribution in [2.75, 3.05) is 7.11 Å². The highest BCUT2D eigenvalue weighted by molar-refractivity contribution is 7.18. The van der Waals surface area contributed by atoms with Crippen LogP contribution in [0.25, 0.3) is 21.6 Å². The highest BCUT2D eigenvalue weighted by Gasteiger charge is 2.21.